The summed E-state index contributed by atoms with van der Waals surface area (Å²) in [5.41, 5.74) is 1.30. The van der Waals surface area contributed by atoms with E-state index in [0.717, 1.165) is 12.8 Å². The van der Waals surface area contributed by atoms with Gasteiger partial charge in [0, 0.05) is 12.3 Å². The molecule has 0 spiro atoms. The second kappa shape index (κ2) is 4.60. The van der Waals surface area contributed by atoms with Gasteiger partial charge in [-0.05, 0) is 51.0 Å². The first-order chi connectivity index (χ1) is 8.75. The first-order valence-electron chi connectivity index (χ1n) is 7.32. The van der Waals surface area contributed by atoms with Crippen LogP contribution in [0.25, 0.3) is 0 Å². The molecular weight excluding hydrogens is 228 g/mol. The second-order valence-electron chi connectivity index (χ2n) is 5.75. The van der Waals surface area contributed by atoms with Crippen molar-refractivity contribution in [1.29, 1.82) is 0 Å². The van der Waals surface area contributed by atoms with Crippen molar-refractivity contribution < 1.29 is 14.3 Å². The Kier molecular flexibility index (Phi) is 3.08. The molecule has 0 unspecified atom stereocenters. The van der Waals surface area contributed by atoms with E-state index in [9.17, 15) is 4.79 Å². The van der Waals surface area contributed by atoms with Crippen molar-refractivity contribution in [2.75, 3.05) is 6.61 Å². The molecule has 2 atom stereocenters. The molecule has 3 aliphatic rings. The highest BCUT2D eigenvalue weighted by Gasteiger charge is 2.53. The van der Waals surface area contributed by atoms with Crippen LogP contribution in [0.15, 0.2) is 11.3 Å². The summed E-state index contributed by atoms with van der Waals surface area (Å²) in [4.78, 5) is 11.8. The van der Waals surface area contributed by atoms with Crippen LogP contribution in [0.1, 0.15) is 58.3 Å². The van der Waals surface area contributed by atoms with Gasteiger partial charge in [-0.2, -0.15) is 0 Å². The molecule has 0 aromatic rings. The summed E-state index contributed by atoms with van der Waals surface area (Å²) < 4.78 is 11.4. The highest BCUT2D eigenvalue weighted by Crippen LogP contribution is 2.55. The monoisotopic (exact) mass is 250 g/mol. The number of ether oxygens (including phenoxy) is 2. The average molecular weight is 250 g/mol. The number of rotatable bonds is 3. The standard InChI is InChI=1S/C15H22O3/c1-2-17-14(16)10-15-9-5-7-12(15)11-6-3-4-8-13(11)18-15/h12H,2-10H2,1H3/t12-,15+/m0/s1. The molecule has 0 aromatic carbocycles. The molecule has 1 fully saturated rings. The molecule has 0 amide bonds. The van der Waals surface area contributed by atoms with Crippen molar-refractivity contribution in [2.45, 2.75) is 63.9 Å². The van der Waals surface area contributed by atoms with Gasteiger partial charge in [-0.25, -0.2) is 0 Å². The first kappa shape index (κ1) is 12.1. The van der Waals surface area contributed by atoms with Gasteiger partial charge in [-0.3, -0.25) is 4.79 Å². The molecule has 18 heavy (non-hydrogen) atoms. The fourth-order valence-electron chi connectivity index (χ4n) is 3.99. The maximum Gasteiger partial charge on any atom is 0.309 e. The lowest BCUT2D eigenvalue weighted by Gasteiger charge is -2.29. The zero-order valence-electron chi connectivity index (χ0n) is 11.2. The number of carbonyl (C=O) groups is 1. The number of allylic oxidation sites excluding steroid dienone is 1. The maximum absolute atomic E-state index is 11.8. The van der Waals surface area contributed by atoms with Crippen molar-refractivity contribution in [2.24, 2.45) is 5.92 Å². The van der Waals surface area contributed by atoms with Gasteiger partial charge in [0.1, 0.15) is 5.60 Å². The lowest BCUT2D eigenvalue weighted by molar-refractivity contribution is -0.149. The van der Waals surface area contributed by atoms with E-state index in [-0.39, 0.29) is 11.6 Å². The second-order valence-corrected chi connectivity index (χ2v) is 5.75. The molecule has 1 heterocycles. The summed E-state index contributed by atoms with van der Waals surface area (Å²) in [5, 5.41) is 0. The summed E-state index contributed by atoms with van der Waals surface area (Å²) in [7, 11) is 0. The Labute approximate surface area is 109 Å². The van der Waals surface area contributed by atoms with Crippen molar-refractivity contribution in [3.05, 3.63) is 11.3 Å². The fraction of sp³-hybridized carbons (Fsp3) is 0.800. The van der Waals surface area contributed by atoms with Gasteiger partial charge in [0.05, 0.1) is 18.8 Å². The number of hydrogen-bond acceptors (Lipinski definition) is 3. The Bertz CT molecular complexity index is 385. The van der Waals surface area contributed by atoms with Gasteiger partial charge in [-0.1, -0.05) is 0 Å². The van der Waals surface area contributed by atoms with Crippen molar-refractivity contribution in [1.82, 2.24) is 0 Å². The maximum atomic E-state index is 11.8. The first-order valence-corrected chi connectivity index (χ1v) is 7.32. The van der Waals surface area contributed by atoms with Crippen LogP contribution in [0.3, 0.4) is 0 Å². The van der Waals surface area contributed by atoms with Crippen molar-refractivity contribution >= 4 is 5.97 Å². The molecule has 1 saturated carbocycles. The van der Waals surface area contributed by atoms with E-state index in [1.54, 1.807) is 0 Å². The van der Waals surface area contributed by atoms with E-state index in [0.29, 0.717) is 18.9 Å². The van der Waals surface area contributed by atoms with Crippen LogP contribution in [0.5, 0.6) is 0 Å². The normalized spacial score (nSPS) is 33.9. The molecule has 3 rings (SSSR count). The van der Waals surface area contributed by atoms with Crippen LogP contribution in [0.4, 0.5) is 0 Å². The van der Waals surface area contributed by atoms with Crippen LogP contribution in [-0.4, -0.2) is 18.2 Å². The molecule has 0 saturated heterocycles. The lowest BCUT2D eigenvalue weighted by atomic mass is 9.80. The minimum atomic E-state index is -0.235. The molecule has 3 nitrogen and oxygen atoms in total. The summed E-state index contributed by atoms with van der Waals surface area (Å²) >= 11 is 0. The summed E-state index contributed by atoms with van der Waals surface area (Å²) in [6.45, 7) is 2.33. The van der Waals surface area contributed by atoms with E-state index < -0.39 is 0 Å². The third-order valence-electron chi connectivity index (χ3n) is 4.68. The van der Waals surface area contributed by atoms with Crippen LogP contribution in [0.2, 0.25) is 0 Å². The third kappa shape index (κ3) is 1.84. The van der Waals surface area contributed by atoms with Gasteiger partial charge < -0.3 is 9.47 Å². The average Bonchev–Trinajstić information content (AvgIpc) is 2.84. The van der Waals surface area contributed by atoms with Crippen molar-refractivity contribution in [3.63, 3.8) is 0 Å². The third-order valence-corrected chi connectivity index (χ3v) is 4.68. The zero-order chi connectivity index (χ0) is 12.6. The number of fused-ring (bicyclic) bond motifs is 2. The predicted molar refractivity (Wildman–Crippen MR) is 67.9 cm³/mol. The summed E-state index contributed by atoms with van der Waals surface area (Å²) in [5.74, 6) is 1.62. The molecule has 0 radical (unpaired) electrons. The Morgan fingerprint density at radius 3 is 3.06 bits per heavy atom. The smallest absolute Gasteiger partial charge is 0.309 e. The summed E-state index contributed by atoms with van der Waals surface area (Å²) in [6.07, 6.45) is 8.62. The Morgan fingerprint density at radius 1 is 1.39 bits per heavy atom. The summed E-state index contributed by atoms with van der Waals surface area (Å²) in [6, 6.07) is 0. The lowest BCUT2D eigenvalue weighted by Crippen LogP contribution is -2.35. The van der Waals surface area contributed by atoms with Crippen LogP contribution in [0, 0.1) is 5.92 Å². The minimum Gasteiger partial charge on any atom is -0.490 e. The Morgan fingerprint density at radius 2 is 2.22 bits per heavy atom. The van der Waals surface area contributed by atoms with Gasteiger partial charge in [0.2, 0.25) is 0 Å². The highest BCUT2D eigenvalue weighted by atomic mass is 16.5. The van der Waals surface area contributed by atoms with E-state index in [2.05, 4.69) is 0 Å². The molecule has 3 heteroatoms. The molecule has 0 N–H and O–H groups in total. The quantitative estimate of drug-likeness (QED) is 0.721. The Balaban J connectivity index is 1.78. The number of hydrogen-bond donors (Lipinski definition) is 0. The Hall–Kier alpha value is -0.990. The molecular formula is C15H22O3. The SMILES string of the molecule is CCOC(=O)C[C@]12CCC[C@H]1C1=C(CCCC1)O2. The van der Waals surface area contributed by atoms with Crippen LogP contribution < -0.4 is 0 Å². The number of esters is 1. The topological polar surface area (TPSA) is 35.5 Å². The van der Waals surface area contributed by atoms with Crippen molar-refractivity contribution in [3.8, 4) is 0 Å². The van der Waals surface area contributed by atoms with Gasteiger partial charge in [0.15, 0.2) is 0 Å². The highest BCUT2D eigenvalue weighted by molar-refractivity contribution is 5.71. The zero-order valence-corrected chi connectivity index (χ0v) is 11.2. The van der Waals surface area contributed by atoms with Crippen LogP contribution >= 0.6 is 0 Å². The van der Waals surface area contributed by atoms with Crippen LogP contribution in [-0.2, 0) is 14.3 Å². The predicted octanol–water partition coefficient (Wildman–Crippen LogP) is 3.34. The van der Waals surface area contributed by atoms with E-state index in [1.165, 1.54) is 43.4 Å². The molecule has 2 aliphatic carbocycles. The number of carbonyl (C=O) groups excluding carboxylic acids is 1. The molecule has 0 bridgehead atoms. The van der Waals surface area contributed by atoms with Gasteiger partial charge in [0.25, 0.3) is 0 Å². The molecule has 1 aliphatic heterocycles. The van der Waals surface area contributed by atoms with E-state index in [1.807, 2.05) is 6.92 Å². The van der Waals surface area contributed by atoms with Gasteiger partial charge >= 0.3 is 5.97 Å². The van der Waals surface area contributed by atoms with Gasteiger partial charge in [-0.15, -0.1) is 0 Å². The molecule has 0 aromatic heterocycles. The van der Waals surface area contributed by atoms with E-state index >= 15 is 0 Å². The molecule has 100 valence electrons. The van der Waals surface area contributed by atoms with E-state index in [4.69, 9.17) is 9.47 Å². The minimum absolute atomic E-state index is 0.0933. The fourth-order valence-corrected chi connectivity index (χ4v) is 3.99. The largest absolute Gasteiger partial charge is 0.490 e.